The van der Waals surface area contributed by atoms with Crippen LogP contribution in [0.25, 0.3) is 0 Å². The Kier molecular flexibility index (Phi) is 5.11. The van der Waals surface area contributed by atoms with E-state index in [1.165, 1.54) is 4.88 Å². The van der Waals surface area contributed by atoms with Crippen LogP contribution in [0.3, 0.4) is 0 Å². The summed E-state index contributed by atoms with van der Waals surface area (Å²) in [6, 6.07) is 11.4. The van der Waals surface area contributed by atoms with Gasteiger partial charge in [-0.1, -0.05) is 25.1 Å². The molecule has 2 aromatic rings. The van der Waals surface area contributed by atoms with E-state index >= 15 is 0 Å². The lowest BCUT2D eigenvalue weighted by Crippen LogP contribution is -2.34. The average Bonchev–Trinajstić information content (AvgIpc) is 2.95. The maximum absolute atomic E-state index is 11.8. The van der Waals surface area contributed by atoms with Crippen LogP contribution in [0.2, 0.25) is 0 Å². The first kappa shape index (κ1) is 15.3. The van der Waals surface area contributed by atoms with Crippen molar-refractivity contribution in [1.82, 2.24) is 5.32 Å². The van der Waals surface area contributed by atoms with Crippen molar-refractivity contribution in [2.24, 2.45) is 0 Å². The molecule has 0 aliphatic carbocycles. The summed E-state index contributed by atoms with van der Waals surface area (Å²) in [7, 11) is 0. The van der Waals surface area contributed by atoms with Gasteiger partial charge < -0.3 is 10.6 Å². The number of hydrogen-bond donors (Lipinski definition) is 2. The lowest BCUT2D eigenvalue weighted by Gasteiger charge is -2.08. The Bertz CT molecular complexity index is 649. The maximum atomic E-state index is 11.8. The molecule has 0 fully saturated rings. The van der Waals surface area contributed by atoms with Gasteiger partial charge in [-0.2, -0.15) is 0 Å². The fourth-order valence-corrected chi connectivity index (χ4v) is 2.74. The minimum Gasteiger partial charge on any atom is -0.343 e. The van der Waals surface area contributed by atoms with E-state index in [-0.39, 0.29) is 0 Å². The van der Waals surface area contributed by atoms with Crippen molar-refractivity contribution in [2.75, 3.05) is 5.32 Å². The normalized spacial score (nSPS) is 10.2. The summed E-state index contributed by atoms with van der Waals surface area (Å²) >= 11 is 1.65. The Labute approximate surface area is 128 Å². The molecule has 2 rings (SSSR count). The van der Waals surface area contributed by atoms with Gasteiger partial charge in [-0.15, -0.1) is 11.3 Å². The Morgan fingerprint density at radius 3 is 2.43 bits per heavy atom. The summed E-state index contributed by atoms with van der Waals surface area (Å²) in [5.41, 5.74) is 1.58. The third-order valence-corrected chi connectivity index (χ3v) is 4.32. The molecule has 1 aromatic heterocycles. The second-order valence-electron chi connectivity index (χ2n) is 4.67. The predicted octanol–water partition coefficient (Wildman–Crippen LogP) is 2.87. The van der Waals surface area contributed by atoms with Crippen LogP contribution in [0.15, 0.2) is 36.4 Å². The summed E-state index contributed by atoms with van der Waals surface area (Å²) < 4.78 is 0. The highest BCUT2D eigenvalue weighted by atomic mass is 32.1. The number of rotatable bonds is 4. The Balaban J connectivity index is 1.88. The molecule has 0 aliphatic heterocycles. The maximum Gasteiger partial charge on any atom is 0.313 e. The molecule has 0 radical (unpaired) electrons. The summed E-state index contributed by atoms with van der Waals surface area (Å²) in [5.74, 6) is -1.26. The van der Waals surface area contributed by atoms with Gasteiger partial charge >= 0.3 is 11.8 Å². The highest BCUT2D eigenvalue weighted by Gasteiger charge is 2.14. The monoisotopic (exact) mass is 302 g/mol. The molecule has 21 heavy (non-hydrogen) atoms. The minimum atomic E-state index is -0.642. The van der Waals surface area contributed by atoms with Crippen molar-refractivity contribution >= 4 is 28.8 Å². The van der Waals surface area contributed by atoms with Crippen molar-refractivity contribution in [3.05, 3.63) is 51.7 Å². The Hall–Kier alpha value is -2.14. The number of thiophene rings is 1. The van der Waals surface area contributed by atoms with Crippen LogP contribution >= 0.6 is 11.3 Å². The molecule has 2 N–H and O–H groups in total. The van der Waals surface area contributed by atoms with Crippen molar-refractivity contribution < 1.29 is 9.59 Å². The SMILES string of the molecule is CCc1ccc(CNC(=O)C(=O)Nc2ccccc2C)s1. The number of carbonyl (C=O) groups is 2. The van der Waals surface area contributed by atoms with Crippen LogP contribution in [-0.2, 0) is 22.6 Å². The quantitative estimate of drug-likeness (QED) is 0.853. The van der Waals surface area contributed by atoms with Crippen molar-refractivity contribution in [3.8, 4) is 0 Å². The molecule has 0 atom stereocenters. The predicted molar refractivity (Wildman–Crippen MR) is 85.4 cm³/mol. The molecule has 0 aliphatic rings. The molecule has 0 saturated carbocycles. The number of benzene rings is 1. The van der Waals surface area contributed by atoms with Gasteiger partial charge in [0, 0.05) is 15.4 Å². The Morgan fingerprint density at radius 2 is 1.76 bits per heavy atom. The first-order chi connectivity index (χ1) is 10.1. The second kappa shape index (κ2) is 7.04. The van der Waals surface area contributed by atoms with Crippen LogP contribution in [0.4, 0.5) is 5.69 Å². The number of amides is 2. The summed E-state index contributed by atoms with van der Waals surface area (Å²) in [6.07, 6.45) is 0.979. The van der Waals surface area contributed by atoms with Crippen molar-refractivity contribution in [3.63, 3.8) is 0 Å². The van der Waals surface area contributed by atoms with E-state index in [9.17, 15) is 9.59 Å². The average molecular weight is 302 g/mol. The van der Waals surface area contributed by atoms with E-state index < -0.39 is 11.8 Å². The number of nitrogens with one attached hydrogen (secondary N) is 2. The van der Waals surface area contributed by atoms with Gasteiger partial charge in [-0.25, -0.2) is 0 Å². The molecular formula is C16H18N2O2S. The fraction of sp³-hybridized carbons (Fsp3) is 0.250. The van der Waals surface area contributed by atoms with Gasteiger partial charge in [0.15, 0.2) is 0 Å². The molecule has 5 heteroatoms. The minimum absolute atomic E-state index is 0.380. The van der Waals surface area contributed by atoms with Gasteiger partial charge in [0.25, 0.3) is 0 Å². The number of anilines is 1. The number of carbonyl (C=O) groups excluding carboxylic acids is 2. The first-order valence-electron chi connectivity index (χ1n) is 6.82. The standard InChI is InChI=1S/C16H18N2O2S/c1-3-12-8-9-13(21-12)10-17-15(19)16(20)18-14-7-5-4-6-11(14)2/h4-9H,3,10H2,1-2H3,(H,17,19)(H,18,20). The van der Waals surface area contributed by atoms with Gasteiger partial charge in [-0.3, -0.25) is 9.59 Å². The Morgan fingerprint density at radius 1 is 1.05 bits per heavy atom. The summed E-state index contributed by atoms with van der Waals surface area (Å²) in [5, 5.41) is 5.25. The zero-order chi connectivity index (χ0) is 15.2. The molecule has 0 spiro atoms. The smallest absolute Gasteiger partial charge is 0.313 e. The van der Waals surface area contributed by atoms with E-state index in [4.69, 9.17) is 0 Å². The third-order valence-electron chi connectivity index (χ3n) is 3.09. The van der Waals surface area contributed by atoms with E-state index in [0.29, 0.717) is 12.2 Å². The summed E-state index contributed by atoms with van der Waals surface area (Å²) in [4.78, 5) is 25.9. The molecule has 0 unspecified atom stereocenters. The highest BCUT2D eigenvalue weighted by molar-refractivity contribution is 7.11. The lowest BCUT2D eigenvalue weighted by molar-refractivity contribution is -0.136. The number of aryl methyl sites for hydroxylation is 2. The number of para-hydroxylation sites is 1. The van der Waals surface area contributed by atoms with Crippen molar-refractivity contribution in [1.29, 1.82) is 0 Å². The van der Waals surface area contributed by atoms with E-state index in [1.807, 2.05) is 37.3 Å². The third kappa shape index (κ3) is 4.16. The highest BCUT2D eigenvalue weighted by Crippen LogP contribution is 2.16. The molecule has 2 amide bonds. The second-order valence-corrected chi connectivity index (χ2v) is 5.93. The van der Waals surface area contributed by atoms with Crippen LogP contribution < -0.4 is 10.6 Å². The van der Waals surface area contributed by atoms with Crippen LogP contribution in [-0.4, -0.2) is 11.8 Å². The van der Waals surface area contributed by atoms with Crippen molar-refractivity contribution in [2.45, 2.75) is 26.8 Å². The van der Waals surface area contributed by atoms with Gasteiger partial charge in [0.05, 0.1) is 6.54 Å². The molecule has 1 aromatic carbocycles. The summed E-state index contributed by atoms with van der Waals surface area (Å²) in [6.45, 7) is 4.35. The molecule has 0 saturated heterocycles. The molecular weight excluding hydrogens is 284 g/mol. The van der Waals surface area contributed by atoms with Crippen LogP contribution in [0, 0.1) is 6.92 Å². The number of hydrogen-bond acceptors (Lipinski definition) is 3. The van der Waals surface area contributed by atoms with E-state index in [1.54, 1.807) is 17.4 Å². The fourth-order valence-electron chi connectivity index (χ4n) is 1.85. The molecule has 110 valence electrons. The van der Waals surface area contributed by atoms with Crippen LogP contribution in [0.1, 0.15) is 22.2 Å². The molecule has 1 heterocycles. The van der Waals surface area contributed by atoms with Gasteiger partial charge in [0.1, 0.15) is 0 Å². The van der Waals surface area contributed by atoms with Gasteiger partial charge in [0.2, 0.25) is 0 Å². The topological polar surface area (TPSA) is 58.2 Å². The van der Waals surface area contributed by atoms with Gasteiger partial charge in [-0.05, 0) is 37.1 Å². The zero-order valence-corrected chi connectivity index (χ0v) is 12.9. The molecule has 0 bridgehead atoms. The van der Waals surface area contributed by atoms with E-state index in [0.717, 1.165) is 16.9 Å². The zero-order valence-electron chi connectivity index (χ0n) is 12.1. The molecule has 4 nitrogen and oxygen atoms in total. The lowest BCUT2D eigenvalue weighted by atomic mass is 10.2. The largest absolute Gasteiger partial charge is 0.343 e. The first-order valence-corrected chi connectivity index (χ1v) is 7.64. The van der Waals surface area contributed by atoms with Crippen LogP contribution in [0.5, 0.6) is 0 Å². The van der Waals surface area contributed by atoms with E-state index in [2.05, 4.69) is 17.6 Å².